The minimum atomic E-state index is -5.09. The first-order valence-corrected chi connectivity index (χ1v) is 12.0. The van der Waals surface area contributed by atoms with Gasteiger partial charge in [0.1, 0.15) is 17.1 Å². The van der Waals surface area contributed by atoms with E-state index in [0.717, 1.165) is 10.5 Å². The summed E-state index contributed by atoms with van der Waals surface area (Å²) in [5.41, 5.74) is -1.17. The molecule has 196 valence electrons. The van der Waals surface area contributed by atoms with Crippen molar-refractivity contribution in [3.8, 4) is 17.2 Å². The SMILES string of the molecule is CCCOC(=O)c1ccc(Oc2c(C(F)(F)F)oc3cc(OC(=O)c4ccc(Br)cc4)ccc3c2=O)cc1. The van der Waals surface area contributed by atoms with Crippen molar-refractivity contribution < 1.29 is 41.4 Å². The van der Waals surface area contributed by atoms with Crippen LogP contribution in [0.15, 0.2) is 80.4 Å². The van der Waals surface area contributed by atoms with Crippen molar-refractivity contribution in [3.63, 3.8) is 0 Å². The minimum Gasteiger partial charge on any atom is -0.462 e. The molecule has 3 aromatic carbocycles. The monoisotopic (exact) mass is 590 g/mol. The Morgan fingerprint density at radius 3 is 2.13 bits per heavy atom. The Kier molecular flexibility index (Phi) is 7.86. The molecule has 1 aromatic heterocycles. The average molecular weight is 591 g/mol. The van der Waals surface area contributed by atoms with Gasteiger partial charge in [-0.1, -0.05) is 22.9 Å². The van der Waals surface area contributed by atoms with E-state index in [9.17, 15) is 27.6 Å². The van der Waals surface area contributed by atoms with E-state index < -0.39 is 40.6 Å². The Morgan fingerprint density at radius 2 is 1.50 bits per heavy atom. The molecular weight excluding hydrogens is 573 g/mol. The summed E-state index contributed by atoms with van der Waals surface area (Å²) in [5, 5.41) is -0.226. The van der Waals surface area contributed by atoms with Gasteiger partial charge in [0.15, 0.2) is 0 Å². The molecule has 0 atom stereocenters. The summed E-state index contributed by atoms with van der Waals surface area (Å²) in [4.78, 5) is 37.3. The van der Waals surface area contributed by atoms with E-state index >= 15 is 0 Å². The molecule has 0 spiro atoms. The highest BCUT2D eigenvalue weighted by atomic mass is 79.9. The molecule has 38 heavy (non-hydrogen) atoms. The van der Waals surface area contributed by atoms with Gasteiger partial charge >= 0.3 is 18.1 Å². The second-order valence-corrected chi connectivity index (χ2v) is 8.82. The highest BCUT2D eigenvalue weighted by Crippen LogP contribution is 2.38. The summed E-state index contributed by atoms with van der Waals surface area (Å²) in [6.07, 6.45) is -4.46. The lowest BCUT2D eigenvalue weighted by atomic mass is 10.2. The third kappa shape index (κ3) is 6.05. The van der Waals surface area contributed by atoms with Gasteiger partial charge in [-0.15, -0.1) is 0 Å². The number of benzene rings is 3. The molecule has 0 aliphatic carbocycles. The predicted molar refractivity (Wildman–Crippen MR) is 134 cm³/mol. The summed E-state index contributed by atoms with van der Waals surface area (Å²) >= 11 is 3.25. The number of alkyl halides is 3. The van der Waals surface area contributed by atoms with E-state index in [0.29, 0.717) is 6.42 Å². The van der Waals surface area contributed by atoms with Crippen LogP contribution in [-0.4, -0.2) is 18.5 Å². The molecule has 0 radical (unpaired) electrons. The smallest absolute Gasteiger partial charge is 0.453 e. The molecule has 1 heterocycles. The molecule has 4 aromatic rings. The molecule has 0 aliphatic heterocycles. The quantitative estimate of drug-likeness (QED) is 0.167. The normalized spacial score (nSPS) is 11.3. The molecule has 0 unspecified atom stereocenters. The largest absolute Gasteiger partial charge is 0.462 e. The van der Waals surface area contributed by atoms with E-state index in [1.807, 2.05) is 6.92 Å². The minimum absolute atomic E-state index is 0.124. The highest BCUT2D eigenvalue weighted by Gasteiger charge is 2.40. The molecule has 0 amide bonds. The van der Waals surface area contributed by atoms with Crippen LogP contribution in [-0.2, 0) is 10.9 Å². The summed E-state index contributed by atoms with van der Waals surface area (Å²) < 4.78 is 62.8. The van der Waals surface area contributed by atoms with Gasteiger partial charge in [0.25, 0.3) is 5.76 Å². The maximum atomic E-state index is 13.8. The number of carbonyl (C=O) groups is 2. The first-order valence-electron chi connectivity index (χ1n) is 11.2. The van der Waals surface area contributed by atoms with Crippen molar-refractivity contribution in [2.75, 3.05) is 6.61 Å². The third-order valence-electron chi connectivity index (χ3n) is 5.12. The molecule has 0 bridgehead atoms. The molecule has 0 N–H and O–H groups in total. The van der Waals surface area contributed by atoms with Gasteiger partial charge in [-0.25, -0.2) is 9.59 Å². The average Bonchev–Trinajstić information content (AvgIpc) is 2.88. The number of halogens is 4. The van der Waals surface area contributed by atoms with Crippen molar-refractivity contribution in [1.82, 2.24) is 0 Å². The van der Waals surface area contributed by atoms with Crippen molar-refractivity contribution in [2.45, 2.75) is 19.5 Å². The van der Waals surface area contributed by atoms with E-state index in [1.165, 1.54) is 48.5 Å². The summed E-state index contributed by atoms with van der Waals surface area (Å²) in [7, 11) is 0. The molecule has 11 heteroatoms. The zero-order valence-electron chi connectivity index (χ0n) is 19.6. The van der Waals surface area contributed by atoms with Crippen LogP contribution < -0.4 is 14.9 Å². The zero-order chi connectivity index (χ0) is 27.4. The Bertz CT molecular complexity index is 1540. The van der Waals surface area contributed by atoms with Crippen LogP contribution in [0.4, 0.5) is 13.2 Å². The van der Waals surface area contributed by atoms with Crippen LogP contribution in [0.2, 0.25) is 0 Å². The van der Waals surface area contributed by atoms with Gasteiger partial charge in [-0.3, -0.25) is 4.79 Å². The van der Waals surface area contributed by atoms with Crippen LogP contribution >= 0.6 is 15.9 Å². The second-order valence-electron chi connectivity index (χ2n) is 7.90. The number of rotatable bonds is 7. The Morgan fingerprint density at radius 1 is 0.895 bits per heavy atom. The molecular formula is C27H18BrF3O7. The fourth-order valence-corrected chi connectivity index (χ4v) is 3.57. The standard InChI is InChI=1S/C27H18BrF3O7/c1-2-13-35-25(33)15-5-9-18(10-6-15)36-23-22(32)20-12-11-19(14-21(20)38-24(23)27(29,30)31)37-26(34)16-3-7-17(28)8-4-16/h3-12,14H,2,13H2,1H3. The van der Waals surface area contributed by atoms with Crippen LogP contribution in [0.3, 0.4) is 0 Å². The Balaban J connectivity index is 1.66. The van der Waals surface area contributed by atoms with Gasteiger partial charge < -0.3 is 18.6 Å². The highest BCUT2D eigenvalue weighted by molar-refractivity contribution is 9.10. The van der Waals surface area contributed by atoms with Crippen molar-refractivity contribution in [2.24, 2.45) is 0 Å². The van der Waals surface area contributed by atoms with Crippen molar-refractivity contribution >= 4 is 38.8 Å². The molecule has 0 saturated heterocycles. The van der Waals surface area contributed by atoms with Gasteiger partial charge in [-0.05, 0) is 67.1 Å². The first kappa shape index (κ1) is 26.9. The number of ether oxygens (including phenoxy) is 3. The van der Waals surface area contributed by atoms with E-state index in [1.54, 1.807) is 12.1 Å². The predicted octanol–water partition coefficient (Wildman–Crippen LogP) is 7.15. The van der Waals surface area contributed by atoms with Gasteiger partial charge in [0.2, 0.25) is 11.2 Å². The Hall–Kier alpha value is -4.12. The topological polar surface area (TPSA) is 92.0 Å². The molecule has 4 rings (SSSR count). The second kappa shape index (κ2) is 11.1. The number of fused-ring (bicyclic) bond motifs is 1. The fraction of sp³-hybridized carbons (Fsp3) is 0.148. The maximum absolute atomic E-state index is 13.8. The molecule has 7 nitrogen and oxygen atoms in total. The summed E-state index contributed by atoms with van der Waals surface area (Å²) in [5.74, 6) is -4.35. The molecule has 0 fully saturated rings. The van der Waals surface area contributed by atoms with Gasteiger partial charge in [0, 0.05) is 10.5 Å². The maximum Gasteiger partial charge on any atom is 0.453 e. The molecule has 0 saturated carbocycles. The van der Waals surface area contributed by atoms with Crippen molar-refractivity contribution in [3.05, 3.63) is 98.3 Å². The third-order valence-corrected chi connectivity index (χ3v) is 5.65. The van der Waals surface area contributed by atoms with Crippen LogP contribution in [0.1, 0.15) is 39.8 Å². The van der Waals surface area contributed by atoms with Crippen molar-refractivity contribution in [1.29, 1.82) is 0 Å². The van der Waals surface area contributed by atoms with E-state index in [-0.39, 0.29) is 34.6 Å². The van der Waals surface area contributed by atoms with E-state index in [2.05, 4.69) is 15.9 Å². The Labute approximate surface area is 221 Å². The number of hydrogen-bond donors (Lipinski definition) is 0. The van der Waals surface area contributed by atoms with Gasteiger partial charge in [0.05, 0.1) is 23.1 Å². The first-order chi connectivity index (χ1) is 18.1. The summed E-state index contributed by atoms with van der Waals surface area (Å²) in [6.45, 7) is 2.05. The zero-order valence-corrected chi connectivity index (χ0v) is 21.2. The lowest BCUT2D eigenvalue weighted by Crippen LogP contribution is -2.16. The number of esters is 2. The lowest BCUT2D eigenvalue weighted by Gasteiger charge is -2.14. The number of hydrogen-bond acceptors (Lipinski definition) is 7. The van der Waals surface area contributed by atoms with Gasteiger partial charge in [-0.2, -0.15) is 13.2 Å². The van der Waals surface area contributed by atoms with E-state index in [4.69, 9.17) is 18.6 Å². The van der Waals surface area contributed by atoms with Crippen LogP contribution in [0.25, 0.3) is 11.0 Å². The fourth-order valence-electron chi connectivity index (χ4n) is 3.31. The lowest BCUT2D eigenvalue weighted by molar-refractivity contribution is -0.154. The van der Waals surface area contributed by atoms with Crippen LogP contribution in [0.5, 0.6) is 17.2 Å². The summed E-state index contributed by atoms with van der Waals surface area (Å²) in [6, 6.07) is 14.8. The number of carbonyl (C=O) groups excluding carboxylic acids is 2. The van der Waals surface area contributed by atoms with Crippen LogP contribution in [0, 0.1) is 0 Å². The molecule has 0 aliphatic rings.